The zero-order valence-electron chi connectivity index (χ0n) is 8.05. The highest BCUT2D eigenvalue weighted by Gasteiger charge is 2.32. The molecule has 0 aromatic heterocycles. The molecule has 0 saturated carbocycles. The van der Waals surface area contributed by atoms with Crippen LogP contribution in [0.1, 0.15) is 5.56 Å². The van der Waals surface area contributed by atoms with Crippen molar-refractivity contribution in [3.63, 3.8) is 0 Å². The van der Waals surface area contributed by atoms with Gasteiger partial charge in [-0.2, -0.15) is 18.4 Å². The fourth-order valence-electron chi connectivity index (χ4n) is 0.914. The van der Waals surface area contributed by atoms with Gasteiger partial charge in [-0.3, -0.25) is 0 Å². The van der Waals surface area contributed by atoms with Gasteiger partial charge in [0.15, 0.2) is 0 Å². The number of hydrogen-bond acceptors (Lipinski definition) is 1. The molecule has 0 fully saturated rings. The largest absolute Gasteiger partial charge is 0.424 e. The molecule has 1 nitrogen and oxygen atoms in total. The first-order valence-electron chi connectivity index (χ1n) is 4.28. The predicted octanol–water partition coefficient (Wildman–Crippen LogP) is 3.05. The van der Waals surface area contributed by atoms with Gasteiger partial charge < -0.3 is 0 Å². The first kappa shape index (κ1) is 11.9. The maximum absolute atomic E-state index is 12.3. The maximum Gasteiger partial charge on any atom is 0.424 e. The van der Waals surface area contributed by atoms with Gasteiger partial charge in [0.25, 0.3) is 0 Å². The van der Waals surface area contributed by atoms with Gasteiger partial charge in [0.2, 0.25) is 0 Å². The standard InChI is InChI=1S/C12H6F3N/c13-12(14,15)11(8-9-16)7-6-10-4-2-1-3-5-10/h1-5,8H/b11-8-. The molecule has 0 aliphatic heterocycles. The number of allylic oxidation sites excluding steroid dienone is 2. The Hall–Kier alpha value is -2.20. The van der Waals surface area contributed by atoms with Crippen molar-refractivity contribution in [3.8, 4) is 17.9 Å². The fraction of sp³-hybridized carbons (Fsp3) is 0.0833. The molecule has 80 valence electrons. The molecule has 0 radical (unpaired) electrons. The van der Waals surface area contributed by atoms with Crippen LogP contribution >= 0.6 is 0 Å². The van der Waals surface area contributed by atoms with E-state index < -0.39 is 11.7 Å². The monoisotopic (exact) mass is 221 g/mol. The van der Waals surface area contributed by atoms with Gasteiger partial charge in [-0.1, -0.05) is 30.0 Å². The second-order valence-corrected chi connectivity index (χ2v) is 2.80. The Bertz CT molecular complexity index is 481. The lowest BCUT2D eigenvalue weighted by molar-refractivity contribution is -0.0871. The smallest absolute Gasteiger partial charge is 0.193 e. The van der Waals surface area contributed by atoms with E-state index in [4.69, 9.17) is 5.26 Å². The van der Waals surface area contributed by atoms with E-state index in [1.807, 2.05) is 5.92 Å². The number of nitrogens with zero attached hydrogens (tertiary/aromatic N) is 1. The molecule has 1 aromatic rings. The third-order valence-corrected chi connectivity index (χ3v) is 1.63. The molecular weight excluding hydrogens is 215 g/mol. The summed E-state index contributed by atoms with van der Waals surface area (Å²) in [7, 11) is 0. The van der Waals surface area contributed by atoms with Crippen molar-refractivity contribution in [2.45, 2.75) is 6.18 Å². The van der Waals surface area contributed by atoms with Crippen LogP contribution in [0.3, 0.4) is 0 Å². The van der Waals surface area contributed by atoms with Gasteiger partial charge in [0.1, 0.15) is 5.57 Å². The third kappa shape index (κ3) is 3.51. The van der Waals surface area contributed by atoms with Crippen LogP contribution in [0.4, 0.5) is 13.2 Å². The zero-order valence-corrected chi connectivity index (χ0v) is 8.05. The second kappa shape index (κ2) is 5.04. The average Bonchev–Trinajstić information content (AvgIpc) is 2.24. The van der Waals surface area contributed by atoms with Crippen LogP contribution in [-0.4, -0.2) is 6.18 Å². The van der Waals surface area contributed by atoms with Gasteiger partial charge in [0, 0.05) is 11.6 Å². The normalized spacial score (nSPS) is 11.2. The average molecular weight is 221 g/mol. The molecule has 0 amide bonds. The summed E-state index contributed by atoms with van der Waals surface area (Å²) in [6, 6.07) is 9.59. The molecule has 0 bridgehead atoms. The number of alkyl halides is 3. The van der Waals surface area contributed by atoms with Gasteiger partial charge in [-0.15, -0.1) is 0 Å². The molecular formula is C12H6F3N. The van der Waals surface area contributed by atoms with E-state index in [0.29, 0.717) is 11.6 Å². The first-order valence-corrected chi connectivity index (χ1v) is 4.28. The molecule has 0 N–H and O–H groups in total. The number of halogens is 3. The Kier molecular flexibility index (Phi) is 3.74. The van der Waals surface area contributed by atoms with Crippen molar-refractivity contribution in [1.82, 2.24) is 0 Å². The number of benzene rings is 1. The zero-order chi connectivity index (χ0) is 12.0. The van der Waals surface area contributed by atoms with Crippen LogP contribution in [0.2, 0.25) is 0 Å². The Morgan fingerprint density at radius 3 is 2.31 bits per heavy atom. The van der Waals surface area contributed by atoms with Crippen molar-refractivity contribution in [2.24, 2.45) is 0 Å². The Morgan fingerprint density at radius 1 is 1.19 bits per heavy atom. The Balaban J connectivity index is 3.00. The summed E-state index contributed by atoms with van der Waals surface area (Å²) >= 11 is 0. The summed E-state index contributed by atoms with van der Waals surface area (Å²) in [5, 5.41) is 8.20. The van der Waals surface area contributed by atoms with Gasteiger partial charge >= 0.3 is 6.18 Å². The second-order valence-electron chi connectivity index (χ2n) is 2.80. The molecule has 0 atom stereocenters. The van der Waals surface area contributed by atoms with Crippen LogP contribution in [-0.2, 0) is 0 Å². The fourth-order valence-corrected chi connectivity index (χ4v) is 0.914. The quantitative estimate of drug-likeness (QED) is 0.488. The van der Waals surface area contributed by atoms with E-state index in [-0.39, 0.29) is 0 Å². The highest BCUT2D eigenvalue weighted by molar-refractivity contribution is 5.43. The highest BCUT2D eigenvalue weighted by atomic mass is 19.4. The molecule has 0 unspecified atom stereocenters. The van der Waals surface area contributed by atoms with Crippen LogP contribution < -0.4 is 0 Å². The van der Waals surface area contributed by atoms with Gasteiger partial charge in [-0.05, 0) is 12.1 Å². The van der Waals surface area contributed by atoms with E-state index in [1.165, 1.54) is 6.07 Å². The molecule has 0 spiro atoms. The summed E-state index contributed by atoms with van der Waals surface area (Å²) in [6.07, 6.45) is -4.19. The Morgan fingerprint density at radius 2 is 1.81 bits per heavy atom. The van der Waals surface area contributed by atoms with Crippen LogP contribution in [0.5, 0.6) is 0 Å². The maximum atomic E-state index is 12.3. The van der Waals surface area contributed by atoms with E-state index in [2.05, 4.69) is 5.92 Å². The summed E-state index contributed by atoms with van der Waals surface area (Å²) < 4.78 is 36.9. The van der Waals surface area contributed by atoms with Crippen molar-refractivity contribution >= 4 is 0 Å². The van der Waals surface area contributed by atoms with E-state index in [1.54, 1.807) is 30.3 Å². The lowest BCUT2D eigenvalue weighted by Crippen LogP contribution is -2.10. The van der Waals surface area contributed by atoms with E-state index in [0.717, 1.165) is 0 Å². The molecule has 0 saturated heterocycles. The highest BCUT2D eigenvalue weighted by Crippen LogP contribution is 2.24. The van der Waals surface area contributed by atoms with Crippen LogP contribution in [0, 0.1) is 23.2 Å². The van der Waals surface area contributed by atoms with E-state index >= 15 is 0 Å². The van der Waals surface area contributed by atoms with Crippen molar-refractivity contribution < 1.29 is 13.2 Å². The number of rotatable bonds is 0. The summed E-state index contributed by atoms with van der Waals surface area (Å²) in [6.45, 7) is 0. The minimum Gasteiger partial charge on any atom is -0.193 e. The van der Waals surface area contributed by atoms with Crippen molar-refractivity contribution in [1.29, 1.82) is 5.26 Å². The SMILES string of the molecule is N#C/C=C(/C#Cc1ccccc1)C(F)(F)F. The van der Waals surface area contributed by atoms with Crippen LogP contribution in [0.25, 0.3) is 0 Å². The van der Waals surface area contributed by atoms with Crippen molar-refractivity contribution in [2.75, 3.05) is 0 Å². The summed E-state index contributed by atoms with van der Waals surface area (Å²) in [4.78, 5) is 0. The molecule has 4 heteroatoms. The molecule has 0 aliphatic rings. The van der Waals surface area contributed by atoms with Crippen molar-refractivity contribution in [3.05, 3.63) is 47.5 Å². The lowest BCUT2D eigenvalue weighted by Gasteiger charge is -2.02. The number of hydrogen-bond donors (Lipinski definition) is 0. The Labute approximate surface area is 90.8 Å². The summed E-state index contributed by atoms with van der Waals surface area (Å²) in [5.41, 5.74) is -0.672. The minimum absolute atomic E-state index is 0.399. The van der Waals surface area contributed by atoms with Crippen LogP contribution in [0.15, 0.2) is 42.0 Å². The molecule has 1 rings (SSSR count). The molecule has 16 heavy (non-hydrogen) atoms. The molecule has 0 heterocycles. The predicted molar refractivity (Wildman–Crippen MR) is 53.1 cm³/mol. The molecule has 1 aromatic carbocycles. The third-order valence-electron chi connectivity index (χ3n) is 1.63. The topological polar surface area (TPSA) is 23.8 Å². The van der Waals surface area contributed by atoms with Gasteiger partial charge in [-0.25, -0.2) is 0 Å². The minimum atomic E-state index is -4.59. The summed E-state index contributed by atoms with van der Waals surface area (Å²) in [5.74, 6) is 4.29. The lowest BCUT2D eigenvalue weighted by atomic mass is 10.2. The van der Waals surface area contributed by atoms with Gasteiger partial charge in [0.05, 0.1) is 6.07 Å². The molecule has 0 aliphatic carbocycles. The number of nitriles is 1. The van der Waals surface area contributed by atoms with E-state index in [9.17, 15) is 13.2 Å². The first-order chi connectivity index (χ1) is 7.54.